The minimum atomic E-state index is 1.07. The van der Waals surface area contributed by atoms with Crippen molar-refractivity contribution in [3.8, 4) is 0 Å². The summed E-state index contributed by atoms with van der Waals surface area (Å²) in [5.41, 5.74) is 6.83. The Morgan fingerprint density at radius 1 is 1.06 bits per heavy atom. The van der Waals surface area contributed by atoms with Gasteiger partial charge in [0.2, 0.25) is 0 Å². The predicted octanol–water partition coefficient (Wildman–Crippen LogP) is 3.46. The van der Waals surface area contributed by atoms with Crippen LogP contribution in [0.4, 0.5) is 0 Å². The normalized spacial score (nSPS) is 14.1. The van der Waals surface area contributed by atoms with Crippen molar-refractivity contribution in [2.75, 3.05) is 0 Å². The smallest absolute Gasteiger partial charge is 0.0346 e. The molecule has 0 unspecified atom stereocenters. The number of nitrogens with zero attached hydrogens (tertiary/aromatic N) is 1. The van der Waals surface area contributed by atoms with Gasteiger partial charge in [-0.3, -0.25) is 4.98 Å². The maximum absolute atomic E-state index is 4.20. The predicted molar refractivity (Wildman–Crippen MR) is 66.1 cm³/mol. The lowest BCUT2D eigenvalue weighted by Crippen LogP contribution is -1.87. The van der Waals surface area contributed by atoms with Gasteiger partial charge in [0, 0.05) is 18.0 Å². The minimum Gasteiger partial charge on any atom is -0.264 e. The van der Waals surface area contributed by atoms with Gasteiger partial charge in [0.25, 0.3) is 0 Å². The van der Waals surface area contributed by atoms with Crippen LogP contribution in [0.2, 0.25) is 0 Å². The Bertz CT molecular complexity index is 553. The highest BCUT2D eigenvalue weighted by molar-refractivity contribution is 5.86. The second kappa shape index (κ2) is 3.60. The number of benzene rings is 1. The molecule has 0 spiro atoms. The summed E-state index contributed by atoms with van der Waals surface area (Å²) in [6, 6.07) is 12.8. The molecule has 0 saturated carbocycles. The van der Waals surface area contributed by atoms with Gasteiger partial charge in [0.15, 0.2) is 0 Å². The Kier molecular flexibility index (Phi) is 2.10. The van der Waals surface area contributed by atoms with Gasteiger partial charge in [-0.2, -0.15) is 0 Å². The summed E-state index contributed by atoms with van der Waals surface area (Å²) in [5, 5.41) is 0. The van der Waals surface area contributed by atoms with Gasteiger partial charge in [-0.05, 0) is 36.1 Å². The Labute approximate surface area is 95.5 Å². The Hall–Kier alpha value is -1.89. The number of aromatic nitrogens is 1. The molecule has 0 amide bonds. The molecule has 0 atom stereocenters. The van der Waals surface area contributed by atoms with Crippen LogP contribution in [0.25, 0.3) is 5.57 Å². The minimum absolute atomic E-state index is 1.07. The molecule has 0 radical (unpaired) electrons. The first-order valence-corrected chi connectivity index (χ1v) is 5.54. The number of rotatable bonds is 1. The Morgan fingerprint density at radius 3 is 2.75 bits per heavy atom. The van der Waals surface area contributed by atoms with Crippen LogP contribution in [0.1, 0.15) is 23.6 Å². The molecule has 0 N–H and O–H groups in total. The molecule has 0 bridgehead atoms. The SMILES string of the molecule is CC1=C(c2cccnc2)c2ccccc2C1. The zero-order chi connectivity index (χ0) is 11.0. The van der Waals surface area contributed by atoms with Crippen molar-refractivity contribution < 1.29 is 0 Å². The monoisotopic (exact) mass is 207 g/mol. The van der Waals surface area contributed by atoms with Gasteiger partial charge in [-0.15, -0.1) is 0 Å². The summed E-state index contributed by atoms with van der Waals surface area (Å²) in [5.74, 6) is 0. The third-order valence-corrected chi connectivity index (χ3v) is 3.12. The van der Waals surface area contributed by atoms with Gasteiger partial charge in [-0.1, -0.05) is 35.9 Å². The molecule has 1 nitrogen and oxygen atoms in total. The van der Waals surface area contributed by atoms with E-state index < -0.39 is 0 Å². The molecule has 1 aromatic carbocycles. The molecule has 0 fully saturated rings. The molecular weight excluding hydrogens is 194 g/mol. The van der Waals surface area contributed by atoms with Crippen molar-refractivity contribution in [1.29, 1.82) is 0 Å². The van der Waals surface area contributed by atoms with Gasteiger partial charge >= 0.3 is 0 Å². The third kappa shape index (κ3) is 1.36. The molecular formula is C15H13N. The molecule has 1 aliphatic carbocycles. The van der Waals surface area contributed by atoms with Crippen molar-refractivity contribution >= 4 is 5.57 Å². The van der Waals surface area contributed by atoms with Crippen LogP contribution in [-0.2, 0) is 6.42 Å². The first-order valence-electron chi connectivity index (χ1n) is 5.54. The molecule has 16 heavy (non-hydrogen) atoms. The molecule has 1 aromatic heterocycles. The van der Waals surface area contributed by atoms with E-state index >= 15 is 0 Å². The van der Waals surface area contributed by atoms with E-state index in [0.717, 1.165) is 6.42 Å². The molecule has 0 aliphatic heterocycles. The molecule has 1 aliphatic rings. The standard InChI is InChI=1S/C15H13N/c1-11-9-12-5-2-3-7-14(12)15(11)13-6-4-8-16-10-13/h2-8,10H,9H2,1H3. The van der Waals surface area contributed by atoms with Crippen LogP contribution in [0.3, 0.4) is 0 Å². The van der Waals surface area contributed by atoms with Crippen LogP contribution in [0, 0.1) is 0 Å². The Morgan fingerprint density at radius 2 is 1.94 bits per heavy atom. The quantitative estimate of drug-likeness (QED) is 0.697. The highest BCUT2D eigenvalue weighted by Crippen LogP contribution is 2.36. The fourth-order valence-electron chi connectivity index (χ4n) is 2.43. The molecule has 2 aromatic rings. The van der Waals surface area contributed by atoms with Crippen LogP contribution < -0.4 is 0 Å². The first-order chi connectivity index (χ1) is 7.86. The maximum atomic E-state index is 4.20. The van der Waals surface area contributed by atoms with E-state index in [0.29, 0.717) is 0 Å². The second-order valence-electron chi connectivity index (χ2n) is 4.23. The first kappa shape index (κ1) is 9.34. The molecule has 0 saturated heterocycles. The molecule has 78 valence electrons. The third-order valence-electron chi connectivity index (χ3n) is 3.12. The van der Waals surface area contributed by atoms with Crippen LogP contribution >= 0.6 is 0 Å². The molecule has 1 heteroatoms. The number of fused-ring (bicyclic) bond motifs is 1. The number of hydrogen-bond acceptors (Lipinski definition) is 1. The zero-order valence-electron chi connectivity index (χ0n) is 9.27. The van der Waals surface area contributed by atoms with E-state index in [9.17, 15) is 0 Å². The summed E-state index contributed by atoms with van der Waals surface area (Å²) in [7, 11) is 0. The van der Waals surface area contributed by atoms with Gasteiger partial charge in [0.05, 0.1) is 0 Å². The van der Waals surface area contributed by atoms with Gasteiger partial charge in [-0.25, -0.2) is 0 Å². The second-order valence-corrected chi connectivity index (χ2v) is 4.23. The summed E-state index contributed by atoms with van der Waals surface area (Å²) in [6.07, 6.45) is 4.83. The van der Waals surface area contributed by atoms with Gasteiger partial charge in [0.1, 0.15) is 0 Å². The van der Waals surface area contributed by atoms with Crippen molar-refractivity contribution in [3.63, 3.8) is 0 Å². The van der Waals surface area contributed by atoms with Crippen molar-refractivity contribution in [2.24, 2.45) is 0 Å². The van der Waals surface area contributed by atoms with Crippen LogP contribution in [0.5, 0.6) is 0 Å². The van der Waals surface area contributed by atoms with E-state index in [2.05, 4.69) is 42.2 Å². The van der Waals surface area contributed by atoms with E-state index in [1.807, 2.05) is 18.5 Å². The number of allylic oxidation sites excluding steroid dienone is 1. The van der Waals surface area contributed by atoms with Gasteiger partial charge < -0.3 is 0 Å². The van der Waals surface area contributed by atoms with E-state index in [1.165, 1.54) is 27.8 Å². The topological polar surface area (TPSA) is 12.9 Å². The highest BCUT2D eigenvalue weighted by atomic mass is 14.6. The average Bonchev–Trinajstić information content (AvgIpc) is 2.66. The average molecular weight is 207 g/mol. The zero-order valence-corrected chi connectivity index (χ0v) is 9.27. The summed E-state index contributed by atoms with van der Waals surface area (Å²) in [6.45, 7) is 2.21. The Balaban J connectivity index is 2.19. The lowest BCUT2D eigenvalue weighted by atomic mass is 9.99. The van der Waals surface area contributed by atoms with E-state index in [1.54, 1.807) is 0 Å². The van der Waals surface area contributed by atoms with E-state index in [4.69, 9.17) is 0 Å². The van der Waals surface area contributed by atoms with E-state index in [-0.39, 0.29) is 0 Å². The number of pyridine rings is 1. The summed E-state index contributed by atoms with van der Waals surface area (Å²) in [4.78, 5) is 4.20. The molecule has 3 rings (SSSR count). The van der Waals surface area contributed by atoms with Crippen LogP contribution in [-0.4, -0.2) is 4.98 Å². The van der Waals surface area contributed by atoms with Crippen molar-refractivity contribution in [3.05, 3.63) is 71.1 Å². The fraction of sp³-hybridized carbons (Fsp3) is 0.133. The van der Waals surface area contributed by atoms with Crippen LogP contribution in [0.15, 0.2) is 54.4 Å². The largest absolute Gasteiger partial charge is 0.264 e. The van der Waals surface area contributed by atoms with Crippen molar-refractivity contribution in [2.45, 2.75) is 13.3 Å². The summed E-state index contributed by atoms with van der Waals surface area (Å²) >= 11 is 0. The fourth-order valence-corrected chi connectivity index (χ4v) is 2.43. The lowest BCUT2D eigenvalue weighted by Gasteiger charge is -2.05. The lowest BCUT2D eigenvalue weighted by molar-refractivity contribution is 1.19. The summed E-state index contributed by atoms with van der Waals surface area (Å²) < 4.78 is 0. The highest BCUT2D eigenvalue weighted by Gasteiger charge is 2.19. The number of hydrogen-bond donors (Lipinski definition) is 0. The van der Waals surface area contributed by atoms with Crippen molar-refractivity contribution in [1.82, 2.24) is 4.98 Å². The molecule has 1 heterocycles. The maximum Gasteiger partial charge on any atom is 0.0346 e.